The van der Waals surface area contributed by atoms with E-state index in [2.05, 4.69) is 4.98 Å². The highest BCUT2D eigenvalue weighted by molar-refractivity contribution is 7.22. The number of ketones is 1. The number of carbonyl (C=O) groups excluding carboxylic acids is 2. The summed E-state index contributed by atoms with van der Waals surface area (Å²) in [6.45, 7) is 0. The van der Waals surface area contributed by atoms with E-state index in [9.17, 15) is 14.7 Å². The third kappa shape index (κ3) is 3.80. The fourth-order valence-electron chi connectivity index (χ4n) is 4.05. The number of hydrogen-bond donors (Lipinski definition) is 1. The molecule has 35 heavy (non-hydrogen) atoms. The van der Waals surface area contributed by atoms with Crippen LogP contribution in [0.2, 0.25) is 0 Å². The molecule has 4 aromatic rings. The zero-order chi connectivity index (χ0) is 24.7. The van der Waals surface area contributed by atoms with E-state index in [1.54, 1.807) is 55.0 Å². The van der Waals surface area contributed by atoms with Crippen molar-refractivity contribution in [1.29, 1.82) is 0 Å². The van der Waals surface area contributed by atoms with Crippen LogP contribution >= 0.6 is 22.7 Å². The third-order valence-electron chi connectivity index (χ3n) is 5.72. The molecule has 2 aromatic carbocycles. The molecule has 0 bridgehead atoms. The van der Waals surface area contributed by atoms with Crippen molar-refractivity contribution in [2.24, 2.45) is 0 Å². The van der Waals surface area contributed by atoms with Gasteiger partial charge in [0, 0.05) is 5.56 Å². The van der Waals surface area contributed by atoms with Gasteiger partial charge < -0.3 is 19.3 Å². The van der Waals surface area contributed by atoms with Crippen molar-refractivity contribution in [3.05, 3.63) is 75.7 Å². The van der Waals surface area contributed by atoms with Crippen molar-refractivity contribution in [2.75, 3.05) is 26.2 Å². The number of hydrogen-bond acceptors (Lipinski definition) is 9. The summed E-state index contributed by atoms with van der Waals surface area (Å²) in [5.41, 5.74) is 1.11. The maximum Gasteiger partial charge on any atom is 0.296 e. The number of rotatable bonds is 7. The molecule has 1 atom stereocenters. The van der Waals surface area contributed by atoms with Crippen molar-refractivity contribution in [2.45, 2.75) is 6.04 Å². The predicted octanol–water partition coefficient (Wildman–Crippen LogP) is 5.17. The zero-order valence-corrected chi connectivity index (χ0v) is 20.6. The first kappa shape index (κ1) is 22.9. The van der Waals surface area contributed by atoms with E-state index in [4.69, 9.17) is 14.2 Å². The summed E-state index contributed by atoms with van der Waals surface area (Å²) in [7, 11) is 4.60. The van der Waals surface area contributed by atoms with Crippen LogP contribution in [0.1, 0.15) is 21.3 Å². The van der Waals surface area contributed by atoms with Crippen LogP contribution in [0, 0.1) is 0 Å². The lowest BCUT2D eigenvalue weighted by Crippen LogP contribution is -2.31. The summed E-state index contributed by atoms with van der Waals surface area (Å²) in [4.78, 5) is 33.4. The number of aromatic nitrogens is 1. The van der Waals surface area contributed by atoms with Gasteiger partial charge in [-0.3, -0.25) is 14.5 Å². The van der Waals surface area contributed by atoms with Gasteiger partial charge in [0.15, 0.2) is 10.9 Å². The molecule has 3 heterocycles. The molecule has 0 saturated carbocycles. The van der Waals surface area contributed by atoms with Crippen LogP contribution in [0.25, 0.3) is 10.2 Å². The second kappa shape index (κ2) is 9.05. The number of aliphatic hydroxyl groups excluding tert-OH is 1. The Hall–Kier alpha value is -3.89. The summed E-state index contributed by atoms with van der Waals surface area (Å²) < 4.78 is 17.1. The third-order valence-corrected chi connectivity index (χ3v) is 7.61. The number of methoxy groups -OCH3 is 3. The van der Waals surface area contributed by atoms with Gasteiger partial charge in [-0.2, -0.15) is 0 Å². The van der Waals surface area contributed by atoms with E-state index in [1.165, 1.54) is 41.8 Å². The lowest BCUT2D eigenvalue weighted by molar-refractivity contribution is -0.117. The Labute approximate surface area is 208 Å². The first-order valence-electron chi connectivity index (χ1n) is 10.5. The van der Waals surface area contributed by atoms with Gasteiger partial charge in [-0.05, 0) is 47.8 Å². The number of amides is 1. The molecule has 0 fully saturated rings. The first-order chi connectivity index (χ1) is 17.0. The molecule has 1 N–H and O–H groups in total. The molecule has 1 aliphatic heterocycles. The van der Waals surface area contributed by atoms with Gasteiger partial charge in [-0.15, -0.1) is 11.3 Å². The summed E-state index contributed by atoms with van der Waals surface area (Å²) in [6, 6.07) is 12.9. The topological polar surface area (TPSA) is 98.2 Å². The van der Waals surface area contributed by atoms with Crippen molar-refractivity contribution in [3.8, 4) is 17.2 Å². The smallest absolute Gasteiger partial charge is 0.296 e. The molecule has 0 spiro atoms. The lowest BCUT2D eigenvalue weighted by Gasteiger charge is -2.26. The fourth-order valence-corrected chi connectivity index (χ4v) is 5.74. The molecule has 1 aliphatic rings. The molecule has 8 nitrogen and oxygen atoms in total. The lowest BCUT2D eigenvalue weighted by atomic mass is 9.94. The number of anilines is 1. The fraction of sp³-hybridized carbons (Fsp3) is 0.160. The Morgan fingerprint density at radius 2 is 1.77 bits per heavy atom. The molecule has 5 rings (SSSR count). The number of aliphatic hydroxyl groups is 1. The van der Waals surface area contributed by atoms with Gasteiger partial charge in [0.05, 0.1) is 42.0 Å². The maximum absolute atomic E-state index is 13.5. The minimum atomic E-state index is -0.982. The number of thiophene rings is 1. The van der Waals surface area contributed by atoms with E-state index in [-0.39, 0.29) is 5.57 Å². The Balaban J connectivity index is 1.73. The predicted molar refractivity (Wildman–Crippen MR) is 134 cm³/mol. The molecular formula is C25H20N2O6S2. The Bertz CT molecular complexity index is 1470. The number of carbonyl (C=O) groups is 2. The SMILES string of the molecule is COc1ccc(OC)c(C2C(C(=O)c3cccs3)=C(O)C(=O)N2c2nc3ccc(OC)cc3s2)c1. The zero-order valence-electron chi connectivity index (χ0n) is 19.0. The van der Waals surface area contributed by atoms with Crippen LogP contribution in [0.4, 0.5) is 5.13 Å². The van der Waals surface area contributed by atoms with Crippen molar-refractivity contribution >= 4 is 49.7 Å². The van der Waals surface area contributed by atoms with Crippen molar-refractivity contribution in [3.63, 3.8) is 0 Å². The highest BCUT2D eigenvalue weighted by Crippen LogP contribution is 2.47. The van der Waals surface area contributed by atoms with E-state index in [1.807, 2.05) is 6.07 Å². The number of nitrogens with zero attached hydrogens (tertiary/aromatic N) is 2. The highest BCUT2D eigenvalue weighted by atomic mass is 32.1. The molecule has 0 aliphatic carbocycles. The molecular weight excluding hydrogens is 488 g/mol. The highest BCUT2D eigenvalue weighted by Gasteiger charge is 2.47. The van der Waals surface area contributed by atoms with Gasteiger partial charge in [-0.25, -0.2) is 4.98 Å². The summed E-state index contributed by atoms with van der Waals surface area (Å²) in [5.74, 6) is -0.174. The minimum absolute atomic E-state index is 0.0409. The Morgan fingerprint density at radius 1 is 1.03 bits per heavy atom. The molecule has 10 heteroatoms. The van der Waals surface area contributed by atoms with Crippen LogP contribution in [0.5, 0.6) is 17.2 Å². The standard InChI is InChI=1S/C25H20N2O6S2/c1-31-13-7-9-17(33-3)15(11-13)21-20(22(28)18-5-4-10-34-18)23(29)24(30)27(21)25-26-16-8-6-14(32-2)12-19(16)35-25/h4-12,21,29H,1-3H3. The second-order valence-electron chi connectivity index (χ2n) is 7.58. The molecule has 178 valence electrons. The number of fused-ring (bicyclic) bond motifs is 1. The van der Waals surface area contributed by atoms with Gasteiger partial charge in [-0.1, -0.05) is 17.4 Å². The number of Topliss-reactive ketones (excluding diaryl/α,β-unsaturated/α-hetero) is 1. The van der Waals surface area contributed by atoms with E-state index >= 15 is 0 Å². The average Bonchev–Trinajstić information content (AvgIpc) is 3.61. The quantitative estimate of drug-likeness (QED) is 0.344. The summed E-state index contributed by atoms with van der Waals surface area (Å²) in [6.07, 6.45) is 0. The summed E-state index contributed by atoms with van der Waals surface area (Å²) in [5, 5.41) is 13.1. The van der Waals surface area contributed by atoms with Gasteiger partial charge in [0.2, 0.25) is 5.78 Å². The van der Waals surface area contributed by atoms with Gasteiger partial charge >= 0.3 is 0 Å². The largest absolute Gasteiger partial charge is 0.503 e. The van der Waals surface area contributed by atoms with Crippen LogP contribution in [0.3, 0.4) is 0 Å². The molecule has 0 saturated heterocycles. The van der Waals surface area contributed by atoms with Gasteiger partial charge in [0.25, 0.3) is 5.91 Å². The monoisotopic (exact) mass is 508 g/mol. The van der Waals surface area contributed by atoms with E-state index in [0.29, 0.717) is 38.3 Å². The number of thiazole rings is 1. The molecule has 1 amide bonds. The average molecular weight is 509 g/mol. The van der Waals surface area contributed by atoms with Crippen molar-refractivity contribution in [1.82, 2.24) is 4.98 Å². The Kier molecular flexibility index (Phi) is 5.91. The number of benzene rings is 2. The molecule has 0 radical (unpaired) electrons. The van der Waals surface area contributed by atoms with Crippen LogP contribution in [-0.4, -0.2) is 43.1 Å². The van der Waals surface area contributed by atoms with Gasteiger partial charge in [0.1, 0.15) is 23.3 Å². The normalized spacial score (nSPS) is 15.7. The van der Waals surface area contributed by atoms with Crippen molar-refractivity contribution < 1.29 is 28.9 Å². The maximum atomic E-state index is 13.5. The van der Waals surface area contributed by atoms with E-state index in [0.717, 1.165) is 4.70 Å². The Morgan fingerprint density at radius 3 is 2.46 bits per heavy atom. The summed E-state index contributed by atoms with van der Waals surface area (Å²) >= 11 is 2.49. The van der Waals surface area contributed by atoms with Crippen LogP contribution in [0.15, 0.2) is 65.2 Å². The molecule has 1 unspecified atom stereocenters. The van der Waals surface area contributed by atoms with E-state index < -0.39 is 23.5 Å². The molecule has 2 aromatic heterocycles. The van der Waals surface area contributed by atoms with Crippen LogP contribution < -0.4 is 19.1 Å². The number of ether oxygens (including phenoxy) is 3. The van der Waals surface area contributed by atoms with Crippen LogP contribution in [-0.2, 0) is 4.79 Å². The first-order valence-corrected chi connectivity index (χ1v) is 12.2. The second-order valence-corrected chi connectivity index (χ2v) is 9.54. The minimum Gasteiger partial charge on any atom is -0.503 e.